The van der Waals surface area contributed by atoms with E-state index in [9.17, 15) is 4.79 Å². The Hall–Kier alpha value is -2.93. The Bertz CT molecular complexity index is 1130. The second-order valence-corrected chi connectivity index (χ2v) is 9.56. The van der Waals surface area contributed by atoms with Gasteiger partial charge in [-0.1, -0.05) is 30.3 Å². The predicted octanol–water partition coefficient (Wildman–Crippen LogP) is 4.03. The SMILES string of the molecule is O=C(C1CC1c1n[nH]c2ccnc(OC3CCOCC3)c12)N1CCC[C@H](c2ccccc2)C1. The summed E-state index contributed by atoms with van der Waals surface area (Å²) in [5.74, 6) is 1.46. The molecule has 172 valence electrons. The Morgan fingerprint density at radius 3 is 2.82 bits per heavy atom. The molecule has 2 saturated heterocycles. The molecule has 2 aromatic heterocycles. The van der Waals surface area contributed by atoms with Crippen LogP contribution in [0.4, 0.5) is 0 Å². The van der Waals surface area contributed by atoms with Crippen molar-refractivity contribution < 1.29 is 14.3 Å². The number of carbonyl (C=O) groups excluding carboxylic acids is 1. The zero-order valence-corrected chi connectivity index (χ0v) is 18.8. The lowest BCUT2D eigenvalue weighted by Gasteiger charge is -2.33. The molecule has 7 heteroatoms. The summed E-state index contributed by atoms with van der Waals surface area (Å²) in [6.45, 7) is 3.11. The van der Waals surface area contributed by atoms with Crippen molar-refractivity contribution >= 4 is 16.8 Å². The number of aromatic amines is 1. The van der Waals surface area contributed by atoms with Crippen LogP contribution in [0, 0.1) is 5.92 Å². The first-order chi connectivity index (χ1) is 16.3. The molecule has 0 spiro atoms. The Kier molecular flexibility index (Phi) is 5.50. The van der Waals surface area contributed by atoms with E-state index in [4.69, 9.17) is 9.47 Å². The first-order valence-electron chi connectivity index (χ1n) is 12.2. The van der Waals surface area contributed by atoms with Crippen LogP contribution in [0.2, 0.25) is 0 Å². The highest BCUT2D eigenvalue weighted by Gasteiger charge is 2.48. The van der Waals surface area contributed by atoms with Gasteiger partial charge in [-0.15, -0.1) is 0 Å². The Morgan fingerprint density at radius 1 is 1.12 bits per heavy atom. The van der Waals surface area contributed by atoms with Crippen LogP contribution >= 0.6 is 0 Å². The Labute approximate surface area is 193 Å². The van der Waals surface area contributed by atoms with Gasteiger partial charge >= 0.3 is 0 Å². The van der Waals surface area contributed by atoms with Crippen LogP contribution in [-0.4, -0.2) is 58.4 Å². The zero-order chi connectivity index (χ0) is 22.2. The van der Waals surface area contributed by atoms with Crippen molar-refractivity contribution in [3.8, 4) is 5.88 Å². The number of pyridine rings is 1. The number of carbonyl (C=O) groups is 1. The van der Waals surface area contributed by atoms with Crippen molar-refractivity contribution in [3.63, 3.8) is 0 Å². The molecule has 4 heterocycles. The molecule has 1 amide bonds. The van der Waals surface area contributed by atoms with Gasteiger partial charge in [0.1, 0.15) is 6.10 Å². The van der Waals surface area contributed by atoms with Gasteiger partial charge < -0.3 is 14.4 Å². The third-order valence-corrected chi connectivity index (χ3v) is 7.38. The number of nitrogens with one attached hydrogen (secondary N) is 1. The number of aromatic nitrogens is 3. The molecular formula is C26H30N4O3. The largest absolute Gasteiger partial charge is 0.474 e. The van der Waals surface area contributed by atoms with Gasteiger partial charge in [0.2, 0.25) is 11.8 Å². The van der Waals surface area contributed by atoms with E-state index in [1.54, 1.807) is 6.20 Å². The number of hydrogen-bond acceptors (Lipinski definition) is 5. The number of piperidine rings is 1. The molecule has 6 rings (SSSR count). The average Bonchev–Trinajstić information content (AvgIpc) is 3.55. The second kappa shape index (κ2) is 8.78. The molecule has 3 aromatic rings. The maximum Gasteiger partial charge on any atom is 0.226 e. The minimum atomic E-state index is 0.00200. The quantitative estimate of drug-likeness (QED) is 0.640. The van der Waals surface area contributed by atoms with Crippen molar-refractivity contribution in [2.24, 2.45) is 5.92 Å². The lowest BCUT2D eigenvalue weighted by Crippen LogP contribution is -2.40. The third kappa shape index (κ3) is 4.10. The first-order valence-corrected chi connectivity index (χ1v) is 12.2. The molecule has 3 aliphatic rings. The van der Waals surface area contributed by atoms with E-state index in [-0.39, 0.29) is 23.8 Å². The average molecular weight is 447 g/mol. The van der Waals surface area contributed by atoms with Crippen molar-refractivity contribution in [2.75, 3.05) is 26.3 Å². The van der Waals surface area contributed by atoms with Gasteiger partial charge in [-0.2, -0.15) is 5.10 Å². The number of likely N-dealkylation sites (tertiary alicyclic amines) is 1. The van der Waals surface area contributed by atoms with Crippen LogP contribution in [-0.2, 0) is 9.53 Å². The third-order valence-electron chi connectivity index (χ3n) is 7.38. The number of H-pyrrole nitrogens is 1. The summed E-state index contributed by atoms with van der Waals surface area (Å²) in [7, 11) is 0. The normalized spacial score (nSPS) is 25.8. The highest BCUT2D eigenvalue weighted by Crippen LogP contribution is 2.51. The van der Waals surface area contributed by atoms with Crippen LogP contribution in [0.25, 0.3) is 10.9 Å². The monoisotopic (exact) mass is 446 g/mol. The van der Waals surface area contributed by atoms with Gasteiger partial charge in [0.15, 0.2) is 0 Å². The van der Waals surface area contributed by atoms with Gasteiger partial charge in [0, 0.05) is 49.9 Å². The minimum absolute atomic E-state index is 0.00200. The fourth-order valence-corrected chi connectivity index (χ4v) is 5.45. The number of amides is 1. The van der Waals surface area contributed by atoms with Gasteiger partial charge in [-0.3, -0.25) is 9.89 Å². The predicted molar refractivity (Wildman–Crippen MR) is 124 cm³/mol. The van der Waals surface area contributed by atoms with E-state index >= 15 is 0 Å². The molecular weight excluding hydrogens is 416 g/mol. The minimum Gasteiger partial charge on any atom is -0.474 e. The number of benzene rings is 1. The molecule has 0 radical (unpaired) electrons. The van der Waals surface area contributed by atoms with Crippen molar-refractivity contribution in [1.82, 2.24) is 20.1 Å². The first kappa shape index (κ1) is 20.7. The summed E-state index contributed by atoms with van der Waals surface area (Å²) in [5, 5.41) is 8.68. The molecule has 1 saturated carbocycles. The molecule has 3 atom stereocenters. The Balaban J connectivity index is 1.18. The highest BCUT2D eigenvalue weighted by molar-refractivity contribution is 5.90. The van der Waals surface area contributed by atoms with Crippen molar-refractivity contribution in [2.45, 2.75) is 50.0 Å². The molecule has 2 unspecified atom stereocenters. The van der Waals surface area contributed by atoms with E-state index in [0.29, 0.717) is 11.8 Å². The van der Waals surface area contributed by atoms with E-state index < -0.39 is 0 Å². The van der Waals surface area contributed by atoms with Crippen LogP contribution in [0.15, 0.2) is 42.6 Å². The molecule has 1 aromatic carbocycles. The zero-order valence-electron chi connectivity index (χ0n) is 18.8. The fraction of sp³-hybridized carbons (Fsp3) is 0.500. The lowest BCUT2D eigenvalue weighted by atomic mass is 9.90. The molecule has 33 heavy (non-hydrogen) atoms. The van der Waals surface area contributed by atoms with Crippen molar-refractivity contribution in [3.05, 3.63) is 53.9 Å². The summed E-state index contributed by atoms with van der Waals surface area (Å²) in [4.78, 5) is 20.0. The second-order valence-electron chi connectivity index (χ2n) is 9.56. The maximum absolute atomic E-state index is 13.4. The van der Waals surface area contributed by atoms with Crippen LogP contribution in [0.3, 0.4) is 0 Å². The van der Waals surface area contributed by atoms with Crippen molar-refractivity contribution in [1.29, 1.82) is 0 Å². The molecule has 1 N–H and O–H groups in total. The maximum atomic E-state index is 13.4. The number of fused-ring (bicyclic) bond motifs is 1. The van der Waals surface area contributed by atoms with E-state index in [2.05, 4.69) is 44.3 Å². The molecule has 7 nitrogen and oxygen atoms in total. The molecule has 1 aliphatic carbocycles. The van der Waals surface area contributed by atoms with E-state index in [0.717, 1.165) is 75.0 Å². The highest BCUT2D eigenvalue weighted by atomic mass is 16.5. The standard InChI is InChI=1S/C26H30N4O3/c31-26(30-12-4-7-18(16-30)17-5-2-1-3-6-17)21-15-20(21)24-23-22(28-29-24)8-11-27-25(23)33-19-9-13-32-14-10-19/h1-3,5-6,8,11,18-21H,4,7,9-10,12-16H2,(H,28,29)/t18-,20?,21?/m0/s1. The molecule has 3 fully saturated rings. The lowest BCUT2D eigenvalue weighted by molar-refractivity contribution is -0.133. The smallest absolute Gasteiger partial charge is 0.226 e. The molecule has 0 bridgehead atoms. The number of hydrogen-bond donors (Lipinski definition) is 1. The number of ether oxygens (including phenoxy) is 2. The van der Waals surface area contributed by atoms with Gasteiger partial charge in [-0.05, 0) is 30.9 Å². The summed E-state index contributed by atoms with van der Waals surface area (Å²) in [6, 6.07) is 12.5. The Morgan fingerprint density at radius 2 is 1.97 bits per heavy atom. The summed E-state index contributed by atoms with van der Waals surface area (Å²) < 4.78 is 11.7. The summed E-state index contributed by atoms with van der Waals surface area (Å²) >= 11 is 0. The number of rotatable bonds is 5. The van der Waals surface area contributed by atoms with E-state index in [1.807, 2.05) is 12.1 Å². The fourth-order valence-electron chi connectivity index (χ4n) is 5.45. The van der Waals surface area contributed by atoms with Gasteiger partial charge in [0.25, 0.3) is 0 Å². The van der Waals surface area contributed by atoms with Crippen LogP contribution < -0.4 is 4.74 Å². The van der Waals surface area contributed by atoms with Crippen LogP contribution in [0.1, 0.15) is 55.2 Å². The topological polar surface area (TPSA) is 80.3 Å². The number of nitrogens with zero attached hydrogens (tertiary/aromatic N) is 3. The van der Waals surface area contributed by atoms with Gasteiger partial charge in [-0.25, -0.2) is 4.98 Å². The summed E-state index contributed by atoms with van der Waals surface area (Å²) in [6.07, 6.45) is 6.65. The molecule has 2 aliphatic heterocycles. The van der Waals surface area contributed by atoms with Crippen LogP contribution in [0.5, 0.6) is 5.88 Å². The summed E-state index contributed by atoms with van der Waals surface area (Å²) in [5.41, 5.74) is 3.18. The van der Waals surface area contributed by atoms with Gasteiger partial charge in [0.05, 0.1) is 29.8 Å². The van der Waals surface area contributed by atoms with E-state index in [1.165, 1.54) is 5.56 Å².